The first-order valence-corrected chi connectivity index (χ1v) is 7.37. The summed E-state index contributed by atoms with van der Waals surface area (Å²) in [5.41, 5.74) is 4.19. The molecule has 0 saturated heterocycles. The Bertz CT molecular complexity index is 549. The molecule has 2 rings (SSSR count). The van der Waals surface area contributed by atoms with Gasteiger partial charge in [-0.05, 0) is 26.7 Å². The fraction of sp³-hybridized carbons (Fsp3) is 0.529. The molecule has 1 N–H and O–H groups in total. The normalized spacial score (nSPS) is 15.6. The van der Waals surface area contributed by atoms with Crippen LogP contribution in [0, 0.1) is 0 Å². The third-order valence-corrected chi connectivity index (χ3v) is 4.45. The second kappa shape index (κ2) is 7.21. The number of halogens is 1. The number of para-hydroxylation sites is 1. The fourth-order valence-electron chi connectivity index (χ4n) is 2.96. The van der Waals surface area contributed by atoms with Crippen molar-refractivity contribution in [2.24, 2.45) is 0 Å². The Morgan fingerprint density at radius 2 is 1.86 bits per heavy atom. The average molecular weight is 354 g/mol. The number of aliphatic carboxylic acids is 1. The van der Waals surface area contributed by atoms with Crippen molar-refractivity contribution < 1.29 is 31.5 Å². The van der Waals surface area contributed by atoms with Crippen LogP contribution in [-0.4, -0.2) is 27.9 Å². The summed E-state index contributed by atoms with van der Waals surface area (Å²) >= 11 is 0. The van der Waals surface area contributed by atoms with E-state index in [9.17, 15) is 4.79 Å². The number of carboxylic acid groups (broad SMARTS) is 1. The predicted octanol–water partition coefficient (Wildman–Crippen LogP) is 0.732. The van der Waals surface area contributed by atoms with E-state index in [2.05, 4.69) is 49.6 Å². The maximum absolute atomic E-state index is 10.5. The lowest BCUT2D eigenvalue weighted by molar-refractivity contribution is -0.439. The van der Waals surface area contributed by atoms with Gasteiger partial charge in [-0.3, -0.25) is 4.79 Å². The number of carbonyl (C=O) groups is 1. The van der Waals surface area contributed by atoms with E-state index < -0.39 is 5.97 Å². The third kappa shape index (κ3) is 3.73. The molecule has 0 unspecified atom stereocenters. The first-order chi connectivity index (χ1) is 9.44. The quantitative estimate of drug-likeness (QED) is 0.605. The van der Waals surface area contributed by atoms with E-state index in [1.54, 1.807) is 0 Å². The second-order valence-corrected chi connectivity index (χ2v) is 6.08. The molecule has 1 aromatic rings. The maximum Gasteiger partial charge on any atom is 0.303 e. The zero-order valence-electron chi connectivity index (χ0n) is 13.0. The summed E-state index contributed by atoms with van der Waals surface area (Å²) in [6.45, 7) is 7.72. The van der Waals surface area contributed by atoms with Crippen LogP contribution in [0.25, 0.3) is 0 Å². The van der Waals surface area contributed by atoms with Gasteiger partial charge >= 0.3 is 5.97 Å². The highest BCUT2D eigenvalue weighted by molar-refractivity contribution is 5.93. The lowest BCUT2D eigenvalue weighted by atomic mass is 9.82. The molecule has 4 heteroatoms. The Morgan fingerprint density at radius 3 is 2.52 bits per heavy atom. The van der Waals surface area contributed by atoms with Gasteiger partial charge in [-0.1, -0.05) is 18.2 Å². The molecule has 0 aliphatic carbocycles. The largest absolute Gasteiger partial charge is 1.00 e. The van der Waals surface area contributed by atoms with Crippen molar-refractivity contribution in [2.75, 3.05) is 6.54 Å². The lowest BCUT2D eigenvalue weighted by Crippen LogP contribution is -3.00. The SMILES string of the molecule is CC1=[N+](CCCCCC(=O)O)c2ccccc2C1(C)C.[Br-]. The minimum atomic E-state index is -0.694. The molecule has 3 nitrogen and oxygen atoms in total. The van der Waals surface area contributed by atoms with Gasteiger partial charge in [-0.25, -0.2) is 0 Å². The van der Waals surface area contributed by atoms with Crippen molar-refractivity contribution in [1.29, 1.82) is 0 Å². The standard InChI is InChI=1S/C17H23NO2.BrH/c1-13-17(2,3)14-9-6-7-10-15(14)18(13)12-8-4-5-11-16(19)20;/h6-7,9-10H,4-5,8,11-12H2,1-3H3;1H. The predicted molar refractivity (Wildman–Crippen MR) is 81.0 cm³/mol. The number of hydrogen-bond donors (Lipinski definition) is 1. The first kappa shape index (κ1) is 17.9. The van der Waals surface area contributed by atoms with E-state index in [1.807, 2.05) is 0 Å². The minimum Gasteiger partial charge on any atom is -1.00 e. The van der Waals surface area contributed by atoms with Gasteiger partial charge in [0, 0.05) is 31.4 Å². The summed E-state index contributed by atoms with van der Waals surface area (Å²) in [5.74, 6) is -0.694. The van der Waals surface area contributed by atoms with Gasteiger partial charge in [-0.15, -0.1) is 0 Å². The van der Waals surface area contributed by atoms with Crippen LogP contribution in [-0.2, 0) is 10.2 Å². The summed E-state index contributed by atoms with van der Waals surface area (Å²) in [5, 5.41) is 8.65. The van der Waals surface area contributed by atoms with Crippen LogP contribution in [0.15, 0.2) is 24.3 Å². The Balaban J connectivity index is 0.00000220. The molecule has 1 aromatic carbocycles. The van der Waals surface area contributed by atoms with Gasteiger partial charge in [0.05, 0.1) is 5.41 Å². The molecular formula is C17H24BrNO2. The number of rotatable bonds is 6. The van der Waals surface area contributed by atoms with Crippen LogP contribution in [0.3, 0.4) is 0 Å². The van der Waals surface area contributed by atoms with Crippen LogP contribution in [0.5, 0.6) is 0 Å². The number of fused-ring (bicyclic) bond motifs is 1. The highest BCUT2D eigenvalue weighted by atomic mass is 79.9. The van der Waals surface area contributed by atoms with Crippen molar-refractivity contribution in [3.8, 4) is 0 Å². The van der Waals surface area contributed by atoms with Crippen LogP contribution in [0.4, 0.5) is 5.69 Å². The van der Waals surface area contributed by atoms with Crippen LogP contribution in [0.1, 0.15) is 52.0 Å². The molecule has 0 aromatic heterocycles. The van der Waals surface area contributed by atoms with Gasteiger partial charge in [0.2, 0.25) is 5.69 Å². The van der Waals surface area contributed by atoms with Crippen molar-refractivity contribution in [1.82, 2.24) is 0 Å². The molecule has 0 fully saturated rings. The van der Waals surface area contributed by atoms with E-state index in [0.717, 1.165) is 25.8 Å². The van der Waals surface area contributed by atoms with Crippen molar-refractivity contribution in [3.63, 3.8) is 0 Å². The number of nitrogens with zero attached hydrogens (tertiary/aromatic N) is 1. The van der Waals surface area contributed by atoms with Crippen LogP contribution in [0.2, 0.25) is 0 Å². The van der Waals surface area contributed by atoms with Crippen molar-refractivity contribution in [2.45, 2.75) is 51.9 Å². The monoisotopic (exact) mass is 353 g/mol. The number of hydrogen-bond acceptors (Lipinski definition) is 1. The number of benzene rings is 1. The highest BCUT2D eigenvalue weighted by Gasteiger charge is 2.42. The Hall–Kier alpha value is -1.16. The van der Waals surface area contributed by atoms with E-state index in [0.29, 0.717) is 0 Å². The molecule has 21 heavy (non-hydrogen) atoms. The molecule has 0 amide bonds. The van der Waals surface area contributed by atoms with Gasteiger partial charge in [-0.2, -0.15) is 4.58 Å². The van der Waals surface area contributed by atoms with E-state index in [4.69, 9.17) is 5.11 Å². The third-order valence-electron chi connectivity index (χ3n) is 4.45. The molecule has 0 radical (unpaired) electrons. The topological polar surface area (TPSA) is 40.3 Å². The van der Waals surface area contributed by atoms with E-state index in [1.165, 1.54) is 17.0 Å². The zero-order valence-corrected chi connectivity index (χ0v) is 14.6. The van der Waals surface area contributed by atoms with Gasteiger partial charge < -0.3 is 22.1 Å². The molecule has 0 spiro atoms. The fourth-order valence-corrected chi connectivity index (χ4v) is 2.96. The lowest BCUT2D eigenvalue weighted by Gasteiger charge is -2.14. The van der Waals surface area contributed by atoms with E-state index >= 15 is 0 Å². The summed E-state index contributed by atoms with van der Waals surface area (Å²) in [7, 11) is 0. The Morgan fingerprint density at radius 1 is 1.19 bits per heavy atom. The summed E-state index contributed by atoms with van der Waals surface area (Å²) in [6.07, 6.45) is 3.06. The van der Waals surface area contributed by atoms with Crippen molar-refractivity contribution in [3.05, 3.63) is 29.8 Å². The summed E-state index contributed by atoms with van der Waals surface area (Å²) < 4.78 is 2.40. The Labute approximate surface area is 137 Å². The molecule has 0 atom stereocenters. The van der Waals surface area contributed by atoms with Gasteiger partial charge in [0.15, 0.2) is 5.71 Å². The van der Waals surface area contributed by atoms with E-state index in [-0.39, 0.29) is 28.8 Å². The molecule has 0 bridgehead atoms. The van der Waals surface area contributed by atoms with Gasteiger partial charge in [0.1, 0.15) is 6.54 Å². The van der Waals surface area contributed by atoms with Crippen molar-refractivity contribution >= 4 is 17.4 Å². The second-order valence-electron chi connectivity index (χ2n) is 6.08. The molecule has 0 saturated carbocycles. The first-order valence-electron chi connectivity index (χ1n) is 7.37. The van der Waals surface area contributed by atoms with Gasteiger partial charge in [0.25, 0.3) is 0 Å². The molecule has 1 aliphatic rings. The zero-order chi connectivity index (χ0) is 14.8. The molecular weight excluding hydrogens is 330 g/mol. The summed E-state index contributed by atoms with van der Waals surface area (Å²) in [6, 6.07) is 8.59. The number of unbranched alkanes of at least 4 members (excludes halogenated alkanes) is 2. The smallest absolute Gasteiger partial charge is 0.303 e. The number of carboxylic acids is 1. The summed E-state index contributed by atoms with van der Waals surface area (Å²) in [4.78, 5) is 10.5. The van der Waals surface area contributed by atoms with Crippen LogP contribution < -0.4 is 17.0 Å². The average Bonchev–Trinajstić information content (AvgIpc) is 2.59. The Kier molecular flexibility index (Phi) is 6.14. The maximum atomic E-state index is 10.5. The highest BCUT2D eigenvalue weighted by Crippen LogP contribution is 2.39. The molecule has 1 aliphatic heterocycles. The minimum absolute atomic E-state index is 0. The van der Waals surface area contributed by atoms with Crippen LogP contribution >= 0.6 is 0 Å². The molecule has 116 valence electrons. The molecule has 1 heterocycles.